The van der Waals surface area contributed by atoms with Crippen LogP contribution < -0.4 is 5.32 Å². The fraction of sp³-hybridized carbons (Fsp3) is 0.133. The summed E-state index contributed by atoms with van der Waals surface area (Å²) < 4.78 is 0. The molecular weight excluding hydrogens is 294 g/mol. The standard InChI is InChI=1S/C15H12ClNO2S/c16-12-6-5-11(3-1-7-18)14(9-12)17-15(19)10-13-4-2-8-20-13/h2,4-6,8-9,18H,7,10H2,(H,17,19). The Balaban J connectivity index is 2.15. The van der Waals surface area contributed by atoms with Gasteiger partial charge in [-0.15, -0.1) is 11.3 Å². The Kier molecular flexibility index (Phi) is 5.19. The molecule has 0 atom stereocenters. The summed E-state index contributed by atoms with van der Waals surface area (Å²) in [6, 6.07) is 8.87. The van der Waals surface area contributed by atoms with Crippen molar-refractivity contribution in [3.05, 3.63) is 51.2 Å². The van der Waals surface area contributed by atoms with E-state index in [2.05, 4.69) is 17.2 Å². The van der Waals surface area contributed by atoms with Crippen molar-refractivity contribution in [1.82, 2.24) is 0 Å². The van der Waals surface area contributed by atoms with Gasteiger partial charge in [0.15, 0.2) is 0 Å². The minimum atomic E-state index is -0.231. The highest BCUT2D eigenvalue weighted by Gasteiger charge is 2.08. The lowest BCUT2D eigenvalue weighted by Crippen LogP contribution is -2.14. The van der Waals surface area contributed by atoms with Crippen LogP contribution in [0.15, 0.2) is 35.7 Å². The molecule has 0 aliphatic heterocycles. The summed E-state index contributed by atoms with van der Waals surface area (Å²) in [4.78, 5) is 13.0. The molecule has 1 heterocycles. The van der Waals surface area contributed by atoms with Crippen molar-refractivity contribution in [2.75, 3.05) is 11.9 Å². The van der Waals surface area contributed by atoms with Crippen molar-refractivity contribution in [3.63, 3.8) is 0 Å². The van der Waals surface area contributed by atoms with Crippen LogP contribution in [-0.4, -0.2) is 17.6 Å². The van der Waals surface area contributed by atoms with Gasteiger partial charge in [0, 0.05) is 15.5 Å². The Morgan fingerprint density at radius 1 is 1.40 bits per heavy atom. The van der Waals surface area contributed by atoms with Crippen LogP contribution in [0.1, 0.15) is 10.4 Å². The first-order valence-electron chi connectivity index (χ1n) is 5.90. The lowest BCUT2D eigenvalue weighted by molar-refractivity contribution is -0.115. The Labute approximate surface area is 126 Å². The largest absolute Gasteiger partial charge is 0.384 e. The van der Waals surface area contributed by atoms with Gasteiger partial charge in [-0.05, 0) is 29.6 Å². The van der Waals surface area contributed by atoms with Crippen LogP contribution in [-0.2, 0) is 11.2 Å². The van der Waals surface area contributed by atoms with E-state index < -0.39 is 0 Å². The number of thiophene rings is 1. The van der Waals surface area contributed by atoms with Crippen LogP contribution in [0, 0.1) is 11.8 Å². The van der Waals surface area contributed by atoms with Crippen molar-refractivity contribution in [1.29, 1.82) is 0 Å². The molecule has 0 spiro atoms. The zero-order valence-electron chi connectivity index (χ0n) is 10.5. The van der Waals surface area contributed by atoms with Gasteiger partial charge in [0.1, 0.15) is 6.61 Å². The molecule has 2 N–H and O–H groups in total. The van der Waals surface area contributed by atoms with Crippen LogP contribution in [0.4, 0.5) is 5.69 Å². The van der Waals surface area contributed by atoms with Gasteiger partial charge < -0.3 is 10.4 Å². The van der Waals surface area contributed by atoms with E-state index in [0.29, 0.717) is 22.7 Å². The molecule has 0 unspecified atom stereocenters. The third kappa shape index (κ3) is 4.10. The maximum Gasteiger partial charge on any atom is 0.229 e. The minimum Gasteiger partial charge on any atom is -0.384 e. The smallest absolute Gasteiger partial charge is 0.229 e. The molecule has 3 nitrogen and oxygen atoms in total. The Hall–Kier alpha value is -1.80. The van der Waals surface area contributed by atoms with E-state index in [9.17, 15) is 4.79 Å². The molecule has 2 aromatic rings. The van der Waals surface area contributed by atoms with Crippen molar-refractivity contribution in [3.8, 4) is 11.8 Å². The fourth-order valence-corrected chi connectivity index (χ4v) is 2.51. The Morgan fingerprint density at radius 2 is 2.25 bits per heavy atom. The summed E-state index contributed by atoms with van der Waals surface area (Å²) in [6.07, 6.45) is 0.317. The second-order valence-corrected chi connectivity index (χ2v) is 5.42. The average molecular weight is 306 g/mol. The first kappa shape index (κ1) is 14.6. The number of nitrogens with one attached hydrogen (secondary N) is 1. The van der Waals surface area contributed by atoms with Crippen LogP contribution in [0.25, 0.3) is 0 Å². The van der Waals surface area contributed by atoms with E-state index in [4.69, 9.17) is 16.7 Å². The predicted molar refractivity (Wildman–Crippen MR) is 82.1 cm³/mol. The van der Waals surface area contributed by atoms with Gasteiger partial charge in [-0.3, -0.25) is 4.79 Å². The van der Waals surface area contributed by atoms with Crippen LogP contribution >= 0.6 is 22.9 Å². The molecule has 2 rings (SSSR count). The fourth-order valence-electron chi connectivity index (χ4n) is 1.63. The number of carbonyl (C=O) groups is 1. The number of benzene rings is 1. The van der Waals surface area contributed by atoms with E-state index in [1.807, 2.05) is 17.5 Å². The lowest BCUT2D eigenvalue weighted by atomic mass is 10.1. The molecule has 1 amide bonds. The number of hydrogen-bond acceptors (Lipinski definition) is 3. The number of halogens is 1. The molecule has 0 aliphatic rings. The molecule has 0 saturated carbocycles. The summed E-state index contributed by atoms with van der Waals surface area (Å²) in [6.45, 7) is -0.231. The second-order valence-electron chi connectivity index (χ2n) is 3.95. The lowest BCUT2D eigenvalue weighted by Gasteiger charge is -2.07. The summed E-state index contributed by atoms with van der Waals surface area (Å²) in [5.74, 6) is 5.22. The highest BCUT2D eigenvalue weighted by Crippen LogP contribution is 2.21. The van der Waals surface area contributed by atoms with Crippen LogP contribution in [0.2, 0.25) is 5.02 Å². The molecular formula is C15H12ClNO2S. The first-order valence-corrected chi connectivity index (χ1v) is 7.16. The van der Waals surface area contributed by atoms with Gasteiger partial charge in [0.2, 0.25) is 5.91 Å². The van der Waals surface area contributed by atoms with Gasteiger partial charge in [-0.1, -0.05) is 29.5 Å². The molecule has 0 aliphatic carbocycles. The zero-order chi connectivity index (χ0) is 14.4. The molecule has 5 heteroatoms. The second kappa shape index (κ2) is 7.11. The molecule has 1 aromatic heterocycles. The summed E-state index contributed by atoms with van der Waals surface area (Å²) in [5.41, 5.74) is 1.18. The SMILES string of the molecule is O=C(Cc1cccs1)Nc1cc(Cl)ccc1C#CCO. The third-order valence-corrected chi connectivity index (χ3v) is 3.58. The zero-order valence-corrected chi connectivity index (χ0v) is 12.1. The molecule has 102 valence electrons. The van der Waals surface area contributed by atoms with E-state index in [1.165, 1.54) is 11.3 Å². The monoisotopic (exact) mass is 305 g/mol. The predicted octanol–water partition coefficient (Wildman–Crippen LogP) is 2.93. The summed E-state index contributed by atoms with van der Waals surface area (Å²) in [5, 5.41) is 14.0. The number of carbonyl (C=O) groups excluding carboxylic acids is 1. The topological polar surface area (TPSA) is 49.3 Å². The van der Waals surface area contributed by atoms with Crippen molar-refractivity contribution < 1.29 is 9.90 Å². The molecule has 0 bridgehead atoms. The number of aliphatic hydroxyl groups is 1. The maximum absolute atomic E-state index is 12.0. The van der Waals surface area contributed by atoms with Crippen molar-refractivity contribution >= 4 is 34.5 Å². The van der Waals surface area contributed by atoms with Crippen molar-refractivity contribution in [2.45, 2.75) is 6.42 Å². The Bertz CT molecular complexity index is 656. The molecule has 20 heavy (non-hydrogen) atoms. The molecule has 0 radical (unpaired) electrons. The minimum absolute atomic E-state index is 0.123. The van der Waals surface area contributed by atoms with Crippen molar-refractivity contribution in [2.24, 2.45) is 0 Å². The van der Waals surface area contributed by atoms with Gasteiger partial charge in [-0.2, -0.15) is 0 Å². The van der Waals surface area contributed by atoms with E-state index in [1.54, 1.807) is 18.2 Å². The Morgan fingerprint density at radius 3 is 2.95 bits per heavy atom. The number of amides is 1. The average Bonchev–Trinajstić information content (AvgIpc) is 2.90. The van der Waals surface area contributed by atoms with Crippen LogP contribution in [0.5, 0.6) is 0 Å². The van der Waals surface area contributed by atoms with E-state index >= 15 is 0 Å². The quantitative estimate of drug-likeness (QED) is 0.857. The number of anilines is 1. The third-order valence-electron chi connectivity index (χ3n) is 2.47. The van der Waals surface area contributed by atoms with Gasteiger partial charge >= 0.3 is 0 Å². The number of hydrogen-bond donors (Lipinski definition) is 2. The van der Waals surface area contributed by atoms with Gasteiger partial charge in [0.25, 0.3) is 0 Å². The number of rotatable bonds is 3. The normalized spacial score (nSPS) is 9.70. The summed E-state index contributed by atoms with van der Waals surface area (Å²) >= 11 is 7.47. The molecule has 0 fully saturated rings. The van der Waals surface area contributed by atoms with Gasteiger partial charge in [-0.25, -0.2) is 0 Å². The molecule has 1 aromatic carbocycles. The highest BCUT2D eigenvalue weighted by atomic mass is 35.5. The van der Waals surface area contributed by atoms with E-state index in [-0.39, 0.29) is 12.5 Å². The van der Waals surface area contributed by atoms with Gasteiger partial charge in [0.05, 0.1) is 12.1 Å². The highest BCUT2D eigenvalue weighted by molar-refractivity contribution is 7.10. The molecule has 0 saturated heterocycles. The van der Waals surface area contributed by atoms with Crippen LogP contribution in [0.3, 0.4) is 0 Å². The van der Waals surface area contributed by atoms with E-state index in [0.717, 1.165) is 4.88 Å². The number of aliphatic hydroxyl groups excluding tert-OH is 1. The summed E-state index contributed by atoms with van der Waals surface area (Å²) in [7, 11) is 0. The first-order chi connectivity index (χ1) is 9.69. The maximum atomic E-state index is 12.0.